The van der Waals surface area contributed by atoms with Gasteiger partial charge in [-0.25, -0.2) is 0 Å². The molecule has 1 N–H and O–H groups in total. The van der Waals surface area contributed by atoms with Crippen molar-refractivity contribution in [2.24, 2.45) is 0 Å². The van der Waals surface area contributed by atoms with Crippen LogP contribution in [-0.2, 0) is 26.1 Å². The average Bonchev–Trinajstić information content (AvgIpc) is 2.76. The molecular formula is C24H28ClN3O2. The Morgan fingerprint density at radius 3 is 2.60 bits per heavy atom. The lowest BCUT2D eigenvalue weighted by Crippen LogP contribution is -2.19. The zero-order valence-electron chi connectivity index (χ0n) is 17.3. The Morgan fingerprint density at radius 1 is 1.10 bits per heavy atom. The first-order valence-corrected chi connectivity index (χ1v) is 10.7. The van der Waals surface area contributed by atoms with E-state index in [9.17, 15) is 4.79 Å². The van der Waals surface area contributed by atoms with Crippen LogP contribution in [0.4, 0.5) is 0 Å². The minimum absolute atomic E-state index is 0.0756. The Bertz CT molecular complexity index is 969. The Balaban J connectivity index is 1.48. The molecule has 0 aliphatic carbocycles. The molecule has 0 atom stereocenters. The lowest BCUT2D eigenvalue weighted by atomic mass is 10.1. The van der Waals surface area contributed by atoms with Crippen LogP contribution in [0, 0.1) is 0 Å². The second kappa shape index (κ2) is 11.5. The van der Waals surface area contributed by atoms with Crippen molar-refractivity contribution >= 4 is 11.6 Å². The van der Waals surface area contributed by atoms with Gasteiger partial charge in [0.25, 0.3) is 5.56 Å². The summed E-state index contributed by atoms with van der Waals surface area (Å²) in [7, 11) is 0. The van der Waals surface area contributed by atoms with Gasteiger partial charge in [-0.3, -0.25) is 9.78 Å². The van der Waals surface area contributed by atoms with Crippen molar-refractivity contribution in [2.75, 3.05) is 6.54 Å². The maximum Gasteiger partial charge on any atom is 0.254 e. The molecule has 158 valence electrons. The molecule has 5 nitrogen and oxygen atoms in total. The van der Waals surface area contributed by atoms with E-state index >= 15 is 0 Å². The molecule has 1 aromatic carbocycles. The van der Waals surface area contributed by atoms with Crippen molar-refractivity contribution < 1.29 is 4.74 Å². The average molecular weight is 426 g/mol. The van der Waals surface area contributed by atoms with Gasteiger partial charge in [0.2, 0.25) is 0 Å². The summed E-state index contributed by atoms with van der Waals surface area (Å²) in [5.74, 6) is 0.535. The molecule has 6 heteroatoms. The van der Waals surface area contributed by atoms with Crippen molar-refractivity contribution in [2.45, 2.75) is 45.9 Å². The fourth-order valence-corrected chi connectivity index (χ4v) is 3.13. The number of pyridine rings is 2. The number of aryl methyl sites for hydroxylation is 2. The van der Waals surface area contributed by atoms with E-state index < -0.39 is 0 Å². The van der Waals surface area contributed by atoms with Crippen LogP contribution < -0.4 is 15.6 Å². The molecule has 0 aliphatic heterocycles. The van der Waals surface area contributed by atoms with Crippen molar-refractivity contribution in [3.8, 4) is 5.75 Å². The van der Waals surface area contributed by atoms with Crippen LogP contribution >= 0.6 is 11.6 Å². The number of hydrogen-bond donors (Lipinski definition) is 1. The van der Waals surface area contributed by atoms with E-state index in [-0.39, 0.29) is 5.56 Å². The molecule has 0 unspecified atom stereocenters. The van der Waals surface area contributed by atoms with Crippen molar-refractivity contribution in [3.05, 3.63) is 93.1 Å². The predicted molar refractivity (Wildman–Crippen MR) is 121 cm³/mol. The third-order valence-corrected chi connectivity index (χ3v) is 5.07. The number of hydrogen-bond acceptors (Lipinski definition) is 4. The van der Waals surface area contributed by atoms with Crippen LogP contribution in [0.1, 0.15) is 36.6 Å². The molecular weight excluding hydrogens is 398 g/mol. The number of rotatable bonds is 11. The first-order valence-electron chi connectivity index (χ1n) is 10.4. The van der Waals surface area contributed by atoms with Crippen LogP contribution in [0.5, 0.6) is 5.75 Å². The van der Waals surface area contributed by atoms with E-state index in [0.29, 0.717) is 23.9 Å². The summed E-state index contributed by atoms with van der Waals surface area (Å²) in [5.41, 5.74) is 3.18. The van der Waals surface area contributed by atoms with Crippen LogP contribution in [0.3, 0.4) is 0 Å². The highest BCUT2D eigenvalue weighted by atomic mass is 35.5. The Morgan fingerprint density at radius 2 is 1.90 bits per heavy atom. The normalized spacial score (nSPS) is 10.9. The topological polar surface area (TPSA) is 56.1 Å². The van der Waals surface area contributed by atoms with Crippen LogP contribution in [0.25, 0.3) is 0 Å². The van der Waals surface area contributed by atoms with Crippen LogP contribution in [-0.4, -0.2) is 16.1 Å². The Hall–Kier alpha value is -2.63. The summed E-state index contributed by atoms with van der Waals surface area (Å²) in [6, 6.07) is 15.5. The van der Waals surface area contributed by atoms with Crippen LogP contribution in [0.2, 0.25) is 5.02 Å². The highest BCUT2D eigenvalue weighted by molar-refractivity contribution is 6.30. The maximum atomic E-state index is 12.4. The standard InChI is InChI=1S/C24H28ClN3O2/c1-2-3-12-26-16-20-6-4-19(5-7-20)10-13-28-14-11-23(15-24(28)29)30-18-22-9-8-21(25)17-27-22/h4-9,11,14-15,17,26H,2-3,10,12-13,16,18H2,1H3. The summed E-state index contributed by atoms with van der Waals surface area (Å²) in [6.45, 7) is 5.07. The van der Waals surface area contributed by atoms with E-state index in [2.05, 4.69) is 41.5 Å². The minimum atomic E-state index is -0.0756. The maximum absolute atomic E-state index is 12.4. The first kappa shape index (κ1) is 22.1. The predicted octanol–water partition coefficient (Wildman–Crippen LogP) is 4.61. The van der Waals surface area contributed by atoms with Gasteiger partial charge in [-0.2, -0.15) is 0 Å². The lowest BCUT2D eigenvalue weighted by Gasteiger charge is -2.09. The fourth-order valence-electron chi connectivity index (χ4n) is 3.02. The molecule has 0 saturated carbocycles. The van der Waals surface area contributed by atoms with E-state index in [1.165, 1.54) is 30.0 Å². The number of nitrogens with zero attached hydrogens (tertiary/aromatic N) is 2. The van der Waals surface area contributed by atoms with Gasteiger partial charge in [0.15, 0.2) is 0 Å². The molecule has 0 spiro atoms. The zero-order valence-corrected chi connectivity index (χ0v) is 18.1. The van der Waals surface area contributed by atoms with Gasteiger partial charge >= 0.3 is 0 Å². The van der Waals surface area contributed by atoms with Crippen molar-refractivity contribution in [1.29, 1.82) is 0 Å². The molecule has 0 amide bonds. The fraction of sp³-hybridized carbons (Fsp3) is 0.333. The smallest absolute Gasteiger partial charge is 0.254 e. The molecule has 3 rings (SSSR count). The molecule has 0 radical (unpaired) electrons. The molecule has 0 fully saturated rings. The van der Waals surface area contributed by atoms with Gasteiger partial charge in [0.1, 0.15) is 12.4 Å². The number of halogens is 1. The van der Waals surface area contributed by atoms with Crippen molar-refractivity contribution in [1.82, 2.24) is 14.9 Å². The van der Waals surface area contributed by atoms with E-state index in [0.717, 1.165) is 25.2 Å². The van der Waals surface area contributed by atoms with Crippen LogP contribution in [0.15, 0.2) is 65.7 Å². The number of unbranched alkanes of at least 4 members (excludes halogenated alkanes) is 1. The molecule has 0 aliphatic rings. The Kier molecular flexibility index (Phi) is 8.48. The molecule has 30 heavy (non-hydrogen) atoms. The van der Waals surface area contributed by atoms with Gasteiger partial charge in [-0.05, 0) is 48.7 Å². The van der Waals surface area contributed by atoms with Gasteiger partial charge in [0.05, 0.1) is 10.7 Å². The second-order valence-electron chi connectivity index (χ2n) is 7.25. The summed E-state index contributed by atoms with van der Waals surface area (Å²) >= 11 is 5.83. The SMILES string of the molecule is CCCCNCc1ccc(CCn2ccc(OCc3ccc(Cl)cn3)cc2=O)cc1. The molecule has 0 bridgehead atoms. The van der Waals surface area contributed by atoms with Gasteiger partial charge in [-0.15, -0.1) is 0 Å². The molecule has 3 aromatic rings. The minimum Gasteiger partial charge on any atom is -0.487 e. The molecule has 2 aromatic heterocycles. The quantitative estimate of drug-likeness (QED) is 0.456. The highest BCUT2D eigenvalue weighted by Crippen LogP contribution is 2.11. The number of ether oxygens (including phenoxy) is 1. The van der Waals surface area contributed by atoms with E-state index in [1.54, 1.807) is 29.1 Å². The van der Waals surface area contributed by atoms with Crippen molar-refractivity contribution in [3.63, 3.8) is 0 Å². The highest BCUT2D eigenvalue weighted by Gasteiger charge is 2.03. The van der Waals surface area contributed by atoms with E-state index in [4.69, 9.17) is 16.3 Å². The number of aromatic nitrogens is 2. The zero-order chi connectivity index (χ0) is 21.2. The summed E-state index contributed by atoms with van der Waals surface area (Å²) in [4.78, 5) is 16.6. The van der Waals surface area contributed by atoms with Gasteiger partial charge in [-0.1, -0.05) is 49.2 Å². The third-order valence-electron chi connectivity index (χ3n) is 4.84. The van der Waals surface area contributed by atoms with Gasteiger partial charge in [0, 0.05) is 31.5 Å². The summed E-state index contributed by atoms with van der Waals surface area (Å²) < 4.78 is 7.37. The number of nitrogens with one attached hydrogen (secondary N) is 1. The summed E-state index contributed by atoms with van der Waals surface area (Å²) in [6.07, 6.45) is 6.57. The largest absolute Gasteiger partial charge is 0.487 e. The first-order chi connectivity index (χ1) is 14.6. The third kappa shape index (κ3) is 7.01. The van der Waals surface area contributed by atoms with E-state index in [1.807, 2.05) is 6.07 Å². The van der Waals surface area contributed by atoms with Gasteiger partial charge < -0.3 is 14.6 Å². The Labute approximate surface area is 182 Å². The molecule has 2 heterocycles. The number of benzene rings is 1. The summed E-state index contributed by atoms with van der Waals surface area (Å²) in [5, 5.41) is 4.03. The molecule has 0 saturated heterocycles. The lowest BCUT2D eigenvalue weighted by molar-refractivity contribution is 0.300. The second-order valence-corrected chi connectivity index (χ2v) is 7.68. The monoisotopic (exact) mass is 425 g/mol.